The number of halogens is 1. The van der Waals surface area contributed by atoms with Crippen molar-refractivity contribution in [2.24, 2.45) is 0 Å². The maximum Gasteiger partial charge on any atom is 0.270 e. The van der Waals surface area contributed by atoms with Gasteiger partial charge in [-0.1, -0.05) is 24.3 Å². The molecule has 1 aliphatic rings. The quantitative estimate of drug-likeness (QED) is 0.396. The average Bonchev–Trinajstić information content (AvgIpc) is 2.99. The molecule has 1 aromatic heterocycles. The van der Waals surface area contributed by atoms with Crippen LogP contribution in [0.15, 0.2) is 66.2 Å². The summed E-state index contributed by atoms with van der Waals surface area (Å²) in [5, 5.41) is 2.44. The van der Waals surface area contributed by atoms with E-state index in [-0.39, 0.29) is 16.4 Å². The van der Waals surface area contributed by atoms with Gasteiger partial charge in [-0.25, -0.2) is 4.39 Å². The molecule has 5 nitrogen and oxygen atoms in total. The van der Waals surface area contributed by atoms with Gasteiger partial charge in [0.15, 0.2) is 5.11 Å². The van der Waals surface area contributed by atoms with Gasteiger partial charge in [0.1, 0.15) is 11.4 Å². The average molecular weight is 419 g/mol. The molecule has 0 atom stereocenters. The molecule has 1 aliphatic heterocycles. The van der Waals surface area contributed by atoms with Crippen molar-refractivity contribution in [1.29, 1.82) is 0 Å². The summed E-state index contributed by atoms with van der Waals surface area (Å²) in [5.41, 5.74) is 3.76. The Morgan fingerprint density at radius 1 is 0.967 bits per heavy atom. The lowest BCUT2D eigenvalue weighted by atomic mass is 10.1. The largest absolute Gasteiger partial charge is 0.318 e. The van der Waals surface area contributed by atoms with Crippen molar-refractivity contribution in [3.63, 3.8) is 0 Å². The maximum atomic E-state index is 13.7. The van der Waals surface area contributed by atoms with Crippen molar-refractivity contribution in [2.45, 2.75) is 13.8 Å². The third-order valence-electron chi connectivity index (χ3n) is 4.95. The SMILES string of the molecule is Cc1cc(C=C2C(=O)NC(=S)N(c3cccc(F)c3)C2=O)c(C)n1-c1ccccc1. The molecule has 2 amide bonds. The van der Waals surface area contributed by atoms with Gasteiger partial charge in [0.25, 0.3) is 11.8 Å². The number of nitrogens with one attached hydrogen (secondary N) is 1. The molecule has 3 aromatic rings. The number of amides is 2. The number of hydrogen-bond donors (Lipinski definition) is 1. The van der Waals surface area contributed by atoms with E-state index in [0.717, 1.165) is 27.5 Å². The molecule has 30 heavy (non-hydrogen) atoms. The van der Waals surface area contributed by atoms with Crippen LogP contribution in [0.3, 0.4) is 0 Å². The summed E-state index contributed by atoms with van der Waals surface area (Å²) in [5.74, 6) is -1.68. The highest BCUT2D eigenvalue weighted by Crippen LogP contribution is 2.26. The van der Waals surface area contributed by atoms with E-state index in [1.54, 1.807) is 12.1 Å². The van der Waals surface area contributed by atoms with Gasteiger partial charge in [-0.05, 0) is 74.1 Å². The number of aromatic nitrogens is 1. The fourth-order valence-corrected chi connectivity index (χ4v) is 3.85. The Morgan fingerprint density at radius 3 is 2.37 bits per heavy atom. The molecule has 0 spiro atoms. The van der Waals surface area contributed by atoms with Crippen LogP contribution >= 0.6 is 12.2 Å². The summed E-state index contributed by atoms with van der Waals surface area (Å²) in [6.07, 6.45) is 1.55. The summed E-state index contributed by atoms with van der Waals surface area (Å²) >= 11 is 5.16. The van der Waals surface area contributed by atoms with Gasteiger partial charge in [0.05, 0.1) is 5.69 Å². The van der Waals surface area contributed by atoms with E-state index in [0.29, 0.717) is 0 Å². The predicted octanol–water partition coefficient (Wildman–Crippen LogP) is 4.06. The number of benzene rings is 2. The zero-order chi connectivity index (χ0) is 21.4. The van der Waals surface area contributed by atoms with Crippen LogP contribution in [0.2, 0.25) is 0 Å². The summed E-state index contributed by atoms with van der Waals surface area (Å²) in [7, 11) is 0. The van der Waals surface area contributed by atoms with Crippen LogP contribution in [0, 0.1) is 19.7 Å². The summed E-state index contributed by atoms with van der Waals surface area (Å²) in [6, 6.07) is 17.2. The van der Waals surface area contributed by atoms with Crippen LogP contribution in [-0.2, 0) is 9.59 Å². The van der Waals surface area contributed by atoms with Gasteiger partial charge < -0.3 is 4.57 Å². The van der Waals surface area contributed by atoms with Crippen LogP contribution < -0.4 is 10.2 Å². The number of carbonyl (C=O) groups excluding carboxylic acids is 2. The second-order valence-corrected chi connectivity index (χ2v) is 7.32. The minimum atomic E-state index is -0.598. The van der Waals surface area contributed by atoms with E-state index in [2.05, 4.69) is 5.32 Å². The van der Waals surface area contributed by atoms with Crippen molar-refractivity contribution in [1.82, 2.24) is 9.88 Å². The smallest absolute Gasteiger partial charge is 0.270 e. The molecule has 4 rings (SSSR count). The third kappa shape index (κ3) is 3.44. The second-order valence-electron chi connectivity index (χ2n) is 6.94. The number of para-hydroxylation sites is 1. The lowest BCUT2D eigenvalue weighted by Crippen LogP contribution is -2.54. The molecule has 7 heteroatoms. The highest BCUT2D eigenvalue weighted by molar-refractivity contribution is 7.80. The number of carbonyl (C=O) groups is 2. The van der Waals surface area contributed by atoms with Gasteiger partial charge in [0.2, 0.25) is 0 Å². The zero-order valence-corrected chi connectivity index (χ0v) is 17.2. The zero-order valence-electron chi connectivity index (χ0n) is 16.3. The molecule has 0 saturated carbocycles. The lowest BCUT2D eigenvalue weighted by Gasteiger charge is -2.28. The predicted molar refractivity (Wildman–Crippen MR) is 118 cm³/mol. The Labute approximate surface area is 178 Å². The summed E-state index contributed by atoms with van der Waals surface area (Å²) < 4.78 is 15.7. The molecule has 0 bridgehead atoms. The third-order valence-corrected chi connectivity index (χ3v) is 5.24. The fraction of sp³-hybridized carbons (Fsp3) is 0.0870. The van der Waals surface area contributed by atoms with Crippen LogP contribution in [0.4, 0.5) is 10.1 Å². The Morgan fingerprint density at radius 2 is 1.67 bits per heavy atom. The number of thiocarbonyl (C=S) groups is 1. The van der Waals surface area contributed by atoms with E-state index in [4.69, 9.17) is 12.2 Å². The van der Waals surface area contributed by atoms with Crippen LogP contribution in [0.5, 0.6) is 0 Å². The molecule has 0 unspecified atom stereocenters. The first-order chi connectivity index (χ1) is 14.4. The first-order valence-electron chi connectivity index (χ1n) is 9.28. The van der Waals surface area contributed by atoms with Crippen LogP contribution in [0.1, 0.15) is 17.0 Å². The van der Waals surface area contributed by atoms with E-state index < -0.39 is 17.6 Å². The summed E-state index contributed by atoms with van der Waals surface area (Å²) in [6.45, 7) is 3.88. The van der Waals surface area contributed by atoms with E-state index in [1.807, 2.05) is 54.8 Å². The number of aryl methyl sites for hydroxylation is 1. The molecule has 0 radical (unpaired) electrons. The van der Waals surface area contributed by atoms with Crippen molar-refractivity contribution in [3.05, 3.63) is 89.0 Å². The molecular weight excluding hydrogens is 401 g/mol. The van der Waals surface area contributed by atoms with Gasteiger partial charge in [-0.15, -0.1) is 0 Å². The highest BCUT2D eigenvalue weighted by Gasteiger charge is 2.34. The van der Waals surface area contributed by atoms with E-state index in [1.165, 1.54) is 18.2 Å². The maximum absolute atomic E-state index is 13.7. The molecule has 1 saturated heterocycles. The molecule has 150 valence electrons. The molecule has 2 heterocycles. The van der Waals surface area contributed by atoms with Gasteiger partial charge in [0, 0.05) is 17.1 Å². The lowest BCUT2D eigenvalue weighted by molar-refractivity contribution is -0.122. The van der Waals surface area contributed by atoms with Crippen molar-refractivity contribution in [2.75, 3.05) is 4.90 Å². The summed E-state index contributed by atoms with van der Waals surface area (Å²) in [4.78, 5) is 26.8. The molecule has 1 fully saturated rings. The number of anilines is 1. The Kier molecular flexibility index (Phi) is 5.05. The van der Waals surface area contributed by atoms with Crippen molar-refractivity contribution in [3.8, 4) is 5.69 Å². The van der Waals surface area contributed by atoms with E-state index >= 15 is 0 Å². The van der Waals surface area contributed by atoms with Crippen molar-refractivity contribution < 1.29 is 14.0 Å². The molecular formula is C23H18FN3O2S. The Bertz CT molecular complexity index is 1210. The topological polar surface area (TPSA) is 54.3 Å². The molecule has 0 aliphatic carbocycles. The number of rotatable bonds is 3. The van der Waals surface area contributed by atoms with Crippen LogP contribution in [-0.4, -0.2) is 21.5 Å². The number of hydrogen-bond acceptors (Lipinski definition) is 3. The second kappa shape index (κ2) is 7.68. The van der Waals surface area contributed by atoms with Gasteiger partial charge in [-0.2, -0.15) is 0 Å². The van der Waals surface area contributed by atoms with E-state index in [9.17, 15) is 14.0 Å². The Hall–Kier alpha value is -3.58. The van der Waals surface area contributed by atoms with Gasteiger partial charge in [-0.3, -0.25) is 19.8 Å². The highest BCUT2D eigenvalue weighted by atomic mass is 32.1. The van der Waals surface area contributed by atoms with Crippen molar-refractivity contribution >= 4 is 40.9 Å². The van der Waals surface area contributed by atoms with Gasteiger partial charge >= 0.3 is 0 Å². The first kappa shape index (κ1) is 19.7. The normalized spacial score (nSPS) is 15.6. The monoisotopic (exact) mass is 419 g/mol. The molecule has 1 N–H and O–H groups in total. The Balaban J connectivity index is 1.77. The minimum Gasteiger partial charge on any atom is -0.318 e. The fourth-order valence-electron chi connectivity index (χ4n) is 3.57. The standard InChI is InChI=1S/C23H18FN3O2S/c1-14-11-16(15(2)26(14)18-8-4-3-5-9-18)12-20-21(28)25-23(30)27(22(20)29)19-10-6-7-17(24)13-19/h3-13H,1-2H3,(H,25,28,30). The van der Waals surface area contributed by atoms with Crippen LogP contribution in [0.25, 0.3) is 11.8 Å². The number of nitrogens with zero attached hydrogens (tertiary/aromatic N) is 2. The first-order valence-corrected chi connectivity index (χ1v) is 9.69. The minimum absolute atomic E-state index is 0.0684. The molecule has 2 aromatic carbocycles.